The molecule has 19 heavy (non-hydrogen) atoms. The molecule has 0 radical (unpaired) electrons. The first-order valence-corrected chi connectivity index (χ1v) is 8.59. The average molecular weight is 297 g/mol. The van der Waals surface area contributed by atoms with Crippen LogP contribution in [0.4, 0.5) is 0 Å². The fraction of sp³-hybridized carbons (Fsp3) is 0.417. The van der Waals surface area contributed by atoms with Crippen molar-refractivity contribution in [3.05, 3.63) is 35.2 Å². The lowest BCUT2D eigenvalue weighted by Gasteiger charge is -2.11. The molecule has 1 aliphatic rings. The standard InChI is InChI=1S/C12H15N3O2S2/c16-19(17,12-5-3-7-18-12)13-8-10-9-15-6-2-1-4-11(15)14-10/h3,5,7,9,13H,1-2,4,6,8H2. The number of thiophene rings is 1. The lowest BCUT2D eigenvalue weighted by atomic mass is 10.2. The Labute approximate surface area is 116 Å². The summed E-state index contributed by atoms with van der Waals surface area (Å²) in [5, 5.41) is 1.75. The third kappa shape index (κ3) is 2.72. The van der Waals surface area contributed by atoms with Crippen LogP contribution in [0, 0.1) is 0 Å². The third-order valence-electron chi connectivity index (χ3n) is 3.16. The molecule has 0 aromatic carbocycles. The molecule has 3 rings (SSSR count). The quantitative estimate of drug-likeness (QED) is 0.935. The molecule has 1 aliphatic heterocycles. The predicted molar refractivity (Wildman–Crippen MR) is 73.5 cm³/mol. The number of rotatable bonds is 4. The topological polar surface area (TPSA) is 64.0 Å². The molecule has 3 heterocycles. The Morgan fingerprint density at radius 1 is 1.42 bits per heavy atom. The molecule has 0 aliphatic carbocycles. The molecular formula is C12H15N3O2S2. The van der Waals surface area contributed by atoms with Crippen LogP contribution in [-0.4, -0.2) is 18.0 Å². The minimum atomic E-state index is -3.40. The molecule has 7 heteroatoms. The number of hydrogen-bond acceptors (Lipinski definition) is 4. The molecule has 0 unspecified atom stereocenters. The number of hydrogen-bond donors (Lipinski definition) is 1. The predicted octanol–water partition coefficient (Wildman–Crippen LogP) is 1.76. The van der Waals surface area contributed by atoms with E-state index in [1.54, 1.807) is 17.5 Å². The molecule has 5 nitrogen and oxygen atoms in total. The Morgan fingerprint density at radius 2 is 2.32 bits per heavy atom. The van der Waals surface area contributed by atoms with E-state index in [-0.39, 0.29) is 6.54 Å². The summed E-state index contributed by atoms with van der Waals surface area (Å²) < 4.78 is 29.0. The first-order chi connectivity index (χ1) is 9.15. The van der Waals surface area contributed by atoms with Gasteiger partial charge in [-0.25, -0.2) is 18.1 Å². The first kappa shape index (κ1) is 12.8. The molecule has 2 aromatic rings. The highest BCUT2D eigenvalue weighted by atomic mass is 32.2. The van der Waals surface area contributed by atoms with E-state index in [4.69, 9.17) is 0 Å². The lowest BCUT2D eigenvalue weighted by molar-refractivity contribution is 0.522. The summed E-state index contributed by atoms with van der Waals surface area (Å²) in [5.74, 6) is 1.07. The van der Waals surface area contributed by atoms with E-state index < -0.39 is 10.0 Å². The van der Waals surface area contributed by atoms with Crippen molar-refractivity contribution < 1.29 is 8.42 Å². The van der Waals surface area contributed by atoms with E-state index in [2.05, 4.69) is 14.3 Å². The van der Waals surface area contributed by atoms with Gasteiger partial charge in [-0.05, 0) is 24.3 Å². The second kappa shape index (κ2) is 5.07. The van der Waals surface area contributed by atoms with Crippen molar-refractivity contribution in [1.29, 1.82) is 0 Å². The fourth-order valence-electron chi connectivity index (χ4n) is 2.21. The molecule has 0 amide bonds. The lowest BCUT2D eigenvalue weighted by Crippen LogP contribution is -2.22. The molecule has 0 bridgehead atoms. The van der Waals surface area contributed by atoms with Crippen molar-refractivity contribution >= 4 is 21.4 Å². The molecule has 0 fully saturated rings. The fourth-order valence-corrected chi connectivity index (χ4v) is 4.25. The number of fused-ring (bicyclic) bond motifs is 1. The average Bonchev–Trinajstić information content (AvgIpc) is 3.05. The summed E-state index contributed by atoms with van der Waals surface area (Å²) in [6, 6.07) is 3.33. The molecule has 102 valence electrons. The van der Waals surface area contributed by atoms with E-state index in [0.29, 0.717) is 4.21 Å². The van der Waals surface area contributed by atoms with Gasteiger partial charge >= 0.3 is 0 Å². The van der Waals surface area contributed by atoms with E-state index in [9.17, 15) is 8.42 Å². The van der Waals surface area contributed by atoms with Crippen molar-refractivity contribution in [2.45, 2.75) is 36.6 Å². The van der Waals surface area contributed by atoms with Crippen LogP contribution in [0.15, 0.2) is 27.9 Å². The summed E-state index contributed by atoms with van der Waals surface area (Å²) in [6.45, 7) is 1.24. The zero-order valence-corrected chi connectivity index (χ0v) is 12.0. The van der Waals surface area contributed by atoms with Crippen molar-refractivity contribution in [2.75, 3.05) is 0 Å². The smallest absolute Gasteiger partial charge is 0.250 e. The molecule has 0 saturated carbocycles. The number of aromatic nitrogens is 2. The van der Waals surface area contributed by atoms with Crippen LogP contribution >= 0.6 is 11.3 Å². The van der Waals surface area contributed by atoms with E-state index in [1.807, 2.05) is 6.20 Å². The molecule has 0 spiro atoms. The number of imidazole rings is 1. The molecule has 0 atom stereocenters. The highest BCUT2D eigenvalue weighted by Crippen LogP contribution is 2.17. The van der Waals surface area contributed by atoms with Crippen LogP contribution in [0.5, 0.6) is 0 Å². The van der Waals surface area contributed by atoms with E-state index >= 15 is 0 Å². The summed E-state index contributed by atoms with van der Waals surface area (Å²) in [7, 11) is -3.40. The van der Waals surface area contributed by atoms with Gasteiger partial charge in [-0.3, -0.25) is 0 Å². The third-order valence-corrected chi connectivity index (χ3v) is 5.96. The van der Waals surface area contributed by atoms with Gasteiger partial charge in [0.2, 0.25) is 10.0 Å². The van der Waals surface area contributed by atoms with E-state index in [0.717, 1.165) is 30.9 Å². The van der Waals surface area contributed by atoms with Crippen molar-refractivity contribution in [2.24, 2.45) is 0 Å². The minimum absolute atomic E-state index is 0.250. The normalized spacial score (nSPS) is 15.4. The molecule has 1 N–H and O–H groups in total. The second-order valence-electron chi connectivity index (χ2n) is 4.56. The monoisotopic (exact) mass is 297 g/mol. The van der Waals surface area contributed by atoms with Crippen LogP contribution in [0.2, 0.25) is 0 Å². The zero-order chi connectivity index (χ0) is 13.3. The number of nitrogens with one attached hydrogen (secondary N) is 1. The first-order valence-electron chi connectivity index (χ1n) is 6.23. The van der Waals surface area contributed by atoms with Gasteiger partial charge in [-0.2, -0.15) is 0 Å². The Balaban J connectivity index is 1.71. The maximum absolute atomic E-state index is 12.0. The summed E-state index contributed by atoms with van der Waals surface area (Å²) in [5.41, 5.74) is 0.789. The van der Waals surface area contributed by atoms with Gasteiger partial charge in [0.05, 0.1) is 12.2 Å². The van der Waals surface area contributed by atoms with Crippen LogP contribution in [0.1, 0.15) is 24.4 Å². The molecular weight excluding hydrogens is 282 g/mol. The highest BCUT2D eigenvalue weighted by molar-refractivity contribution is 7.91. The van der Waals surface area contributed by atoms with Crippen molar-refractivity contribution in [3.8, 4) is 0 Å². The van der Waals surface area contributed by atoms with Crippen LogP contribution in [0.25, 0.3) is 0 Å². The van der Waals surface area contributed by atoms with Gasteiger partial charge in [-0.1, -0.05) is 6.07 Å². The maximum Gasteiger partial charge on any atom is 0.250 e. The molecule has 0 saturated heterocycles. The van der Waals surface area contributed by atoms with Gasteiger partial charge < -0.3 is 4.57 Å². The van der Waals surface area contributed by atoms with Gasteiger partial charge in [-0.15, -0.1) is 11.3 Å². The van der Waals surface area contributed by atoms with Crippen LogP contribution in [0.3, 0.4) is 0 Å². The Morgan fingerprint density at radius 3 is 3.05 bits per heavy atom. The van der Waals surface area contributed by atoms with Gasteiger partial charge in [0.25, 0.3) is 0 Å². The van der Waals surface area contributed by atoms with Gasteiger partial charge in [0.1, 0.15) is 10.0 Å². The maximum atomic E-state index is 12.0. The summed E-state index contributed by atoms with van der Waals surface area (Å²) >= 11 is 1.22. The van der Waals surface area contributed by atoms with Gasteiger partial charge in [0.15, 0.2) is 0 Å². The van der Waals surface area contributed by atoms with Crippen LogP contribution < -0.4 is 4.72 Å². The number of nitrogens with zero attached hydrogens (tertiary/aromatic N) is 2. The zero-order valence-electron chi connectivity index (χ0n) is 10.4. The largest absolute Gasteiger partial charge is 0.335 e. The minimum Gasteiger partial charge on any atom is -0.335 e. The van der Waals surface area contributed by atoms with Crippen molar-refractivity contribution in [1.82, 2.24) is 14.3 Å². The van der Waals surface area contributed by atoms with Gasteiger partial charge in [0, 0.05) is 19.2 Å². The van der Waals surface area contributed by atoms with Crippen molar-refractivity contribution in [3.63, 3.8) is 0 Å². The second-order valence-corrected chi connectivity index (χ2v) is 7.50. The highest BCUT2D eigenvalue weighted by Gasteiger charge is 2.17. The Bertz CT molecular complexity index is 636. The number of sulfonamides is 1. The van der Waals surface area contributed by atoms with Crippen LogP contribution in [-0.2, 0) is 29.5 Å². The Hall–Kier alpha value is -1.18. The molecule has 2 aromatic heterocycles. The summed E-state index contributed by atoms with van der Waals surface area (Å²) in [4.78, 5) is 4.47. The van der Waals surface area contributed by atoms with E-state index in [1.165, 1.54) is 17.8 Å². The SMILES string of the molecule is O=S(=O)(NCc1cn2c(n1)CCCC2)c1cccs1. The Kier molecular flexibility index (Phi) is 3.42. The number of aryl methyl sites for hydroxylation is 2. The summed E-state index contributed by atoms with van der Waals surface area (Å²) in [6.07, 6.45) is 5.27.